The summed E-state index contributed by atoms with van der Waals surface area (Å²) in [5.74, 6) is -1.16. The Balaban J connectivity index is 2.26. The number of carbonyl (C=O) groups is 1. The van der Waals surface area contributed by atoms with Crippen molar-refractivity contribution in [1.29, 1.82) is 0 Å². The molecule has 2 rings (SSSR count). The zero-order chi connectivity index (χ0) is 19.6. The van der Waals surface area contributed by atoms with Crippen molar-refractivity contribution in [1.82, 2.24) is 0 Å². The van der Waals surface area contributed by atoms with Crippen LogP contribution in [0.5, 0.6) is 0 Å². The maximum Gasteiger partial charge on any atom is 0.336 e. The summed E-state index contributed by atoms with van der Waals surface area (Å²) in [5, 5.41) is 9.52. The van der Waals surface area contributed by atoms with Gasteiger partial charge in [-0.1, -0.05) is 63.4 Å². The van der Waals surface area contributed by atoms with Gasteiger partial charge in [-0.2, -0.15) is 0 Å². The summed E-state index contributed by atoms with van der Waals surface area (Å²) < 4.78 is 13.9. The number of carboxylic acids is 1. The number of unbranched alkanes of at least 4 members (excludes halogenated alkanes) is 3. The zero-order valence-electron chi connectivity index (χ0n) is 16.3. The van der Waals surface area contributed by atoms with E-state index in [4.69, 9.17) is 0 Å². The molecule has 0 aliphatic rings. The fourth-order valence-corrected chi connectivity index (χ4v) is 3.18. The van der Waals surface area contributed by atoms with Crippen LogP contribution in [0.2, 0.25) is 0 Å². The molecule has 0 aliphatic heterocycles. The lowest BCUT2D eigenvalue weighted by Crippen LogP contribution is -2.00. The highest BCUT2D eigenvalue weighted by Gasteiger charge is 2.12. The first-order valence-corrected chi connectivity index (χ1v) is 9.87. The summed E-state index contributed by atoms with van der Waals surface area (Å²) in [7, 11) is 0. The third-order valence-electron chi connectivity index (χ3n) is 4.67. The molecule has 2 aromatic carbocycles. The van der Waals surface area contributed by atoms with Crippen molar-refractivity contribution in [3.8, 4) is 11.1 Å². The minimum Gasteiger partial charge on any atom is -0.478 e. The second-order valence-corrected chi connectivity index (χ2v) is 6.96. The molecule has 0 heterocycles. The van der Waals surface area contributed by atoms with E-state index in [0.717, 1.165) is 18.4 Å². The monoisotopic (exact) mass is 368 g/mol. The van der Waals surface area contributed by atoms with E-state index in [-0.39, 0.29) is 11.4 Å². The van der Waals surface area contributed by atoms with Crippen molar-refractivity contribution < 1.29 is 14.3 Å². The molecule has 3 heteroatoms. The largest absolute Gasteiger partial charge is 0.478 e. The first-order valence-electron chi connectivity index (χ1n) is 9.87. The van der Waals surface area contributed by atoms with Crippen LogP contribution < -0.4 is 0 Å². The molecule has 0 bridgehead atoms. The van der Waals surface area contributed by atoms with Gasteiger partial charge in [-0.25, -0.2) is 9.18 Å². The Morgan fingerprint density at radius 1 is 1.00 bits per heavy atom. The first kappa shape index (κ1) is 20.9. The van der Waals surface area contributed by atoms with Gasteiger partial charge in [0.15, 0.2) is 0 Å². The van der Waals surface area contributed by atoms with Crippen molar-refractivity contribution in [2.75, 3.05) is 0 Å². The number of rotatable bonds is 10. The molecule has 0 aromatic heterocycles. The van der Waals surface area contributed by atoms with Gasteiger partial charge in [-0.15, -0.1) is 0 Å². The third-order valence-corrected chi connectivity index (χ3v) is 4.67. The van der Waals surface area contributed by atoms with Crippen molar-refractivity contribution in [3.63, 3.8) is 0 Å². The molecule has 0 fully saturated rings. The van der Waals surface area contributed by atoms with Gasteiger partial charge in [0.1, 0.15) is 5.83 Å². The molecule has 0 radical (unpaired) electrons. The van der Waals surface area contributed by atoms with Gasteiger partial charge in [0.25, 0.3) is 0 Å². The first-order chi connectivity index (χ1) is 13.0. The normalized spacial score (nSPS) is 11.6. The molecule has 0 atom stereocenters. The third kappa shape index (κ3) is 6.35. The summed E-state index contributed by atoms with van der Waals surface area (Å²) >= 11 is 0. The minimum atomic E-state index is -0.974. The molecule has 0 aliphatic carbocycles. The van der Waals surface area contributed by atoms with Gasteiger partial charge in [-0.3, -0.25) is 0 Å². The maximum atomic E-state index is 13.9. The lowest BCUT2D eigenvalue weighted by molar-refractivity contribution is 0.0697. The van der Waals surface area contributed by atoms with E-state index in [1.54, 1.807) is 18.2 Å². The Morgan fingerprint density at radius 2 is 1.74 bits per heavy atom. The summed E-state index contributed by atoms with van der Waals surface area (Å²) in [4.78, 5) is 11.6. The SMILES string of the molecule is CCCCCCc1ccc(-c2cc(/C=C(/F)CCC)ccc2C(=O)O)cc1. The van der Waals surface area contributed by atoms with Crippen molar-refractivity contribution in [3.05, 3.63) is 65.0 Å². The molecule has 0 spiro atoms. The molecule has 0 saturated heterocycles. The standard InChI is InChI=1S/C24H29FO2/c1-3-5-6-7-9-18-10-13-20(14-11-18)23-17-19(16-21(25)8-4-2)12-15-22(23)24(26)27/h10-17H,3-9H2,1-2H3,(H,26,27)/b21-16+. The highest BCUT2D eigenvalue weighted by molar-refractivity contribution is 5.96. The van der Waals surface area contributed by atoms with Gasteiger partial charge in [0.05, 0.1) is 5.56 Å². The Hall–Kier alpha value is -2.42. The van der Waals surface area contributed by atoms with Gasteiger partial charge >= 0.3 is 5.97 Å². The molecule has 0 amide bonds. The second kappa shape index (κ2) is 10.7. The van der Waals surface area contributed by atoms with Crippen molar-refractivity contribution in [2.24, 2.45) is 0 Å². The number of hydrogen-bond donors (Lipinski definition) is 1. The molecule has 1 N–H and O–H groups in total. The summed E-state index contributed by atoms with van der Waals surface area (Å²) in [5.41, 5.74) is 3.65. The van der Waals surface area contributed by atoms with Crippen LogP contribution in [0.3, 0.4) is 0 Å². The molecule has 0 saturated carbocycles. The fraction of sp³-hybridized carbons (Fsp3) is 0.375. The van der Waals surface area contributed by atoms with Crippen molar-refractivity contribution in [2.45, 2.75) is 58.8 Å². The van der Waals surface area contributed by atoms with Crippen molar-refractivity contribution >= 4 is 12.0 Å². The maximum absolute atomic E-state index is 13.9. The highest BCUT2D eigenvalue weighted by atomic mass is 19.1. The number of benzene rings is 2. The topological polar surface area (TPSA) is 37.3 Å². The van der Waals surface area contributed by atoms with E-state index in [0.29, 0.717) is 17.5 Å². The van der Waals surface area contributed by atoms with Crippen LogP contribution in [-0.2, 0) is 6.42 Å². The highest BCUT2D eigenvalue weighted by Crippen LogP contribution is 2.27. The van der Waals surface area contributed by atoms with Gasteiger partial charge < -0.3 is 5.11 Å². The summed E-state index contributed by atoms with van der Waals surface area (Å²) in [6, 6.07) is 13.0. The molecule has 2 aromatic rings. The zero-order valence-corrected chi connectivity index (χ0v) is 16.3. The Labute approximate surface area is 161 Å². The van der Waals surface area contributed by atoms with Crippen LogP contribution in [-0.4, -0.2) is 11.1 Å². The predicted octanol–water partition coefficient (Wildman–Crippen LogP) is 7.29. The van der Waals surface area contributed by atoms with Crippen LogP contribution in [0.4, 0.5) is 4.39 Å². The van der Waals surface area contributed by atoms with E-state index < -0.39 is 5.97 Å². The summed E-state index contributed by atoms with van der Waals surface area (Å²) in [6.07, 6.45) is 8.54. The molecular formula is C24H29FO2. The molecule has 2 nitrogen and oxygen atoms in total. The van der Waals surface area contributed by atoms with Crippen LogP contribution in [0.25, 0.3) is 17.2 Å². The molecule has 27 heavy (non-hydrogen) atoms. The second-order valence-electron chi connectivity index (χ2n) is 6.96. The lowest BCUT2D eigenvalue weighted by Gasteiger charge is -2.09. The average molecular weight is 368 g/mol. The van der Waals surface area contributed by atoms with E-state index in [2.05, 4.69) is 19.1 Å². The van der Waals surface area contributed by atoms with E-state index in [9.17, 15) is 14.3 Å². The number of aromatic carboxylic acids is 1. The number of halogens is 1. The molecular weight excluding hydrogens is 339 g/mol. The summed E-state index contributed by atoms with van der Waals surface area (Å²) in [6.45, 7) is 4.13. The Kier molecular flexibility index (Phi) is 8.25. The van der Waals surface area contributed by atoms with Crippen LogP contribution in [0, 0.1) is 0 Å². The smallest absolute Gasteiger partial charge is 0.336 e. The lowest BCUT2D eigenvalue weighted by atomic mass is 9.95. The Morgan fingerprint density at radius 3 is 2.37 bits per heavy atom. The number of hydrogen-bond acceptors (Lipinski definition) is 1. The van der Waals surface area contributed by atoms with Crippen LogP contribution >= 0.6 is 0 Å². The minimum absolute atomic E-state index is 0.186. The fourth-order valence-electron chi connectivity index (χ4n) is 3.18. The number of aryl methyl sites for hydroxylation is 1. The van der Waals surface area contributed by atoms with Crippen LogP contribution in [0.15, 0.2) is 48.3 Å². The molecule has 144 valence electrons. The van der Waals surface area contributed by atoms with Crippen LogP contribution in [0.1, 0.15) is 73.9 Å². The van der Waals surface area contributed by atoms with E-state index in [1.165, 1.54) is 37.3 Å². The van der Waals surface area contributed by atoms with E-state index in [1.807, 2.05) is 19.1 Å². The van der Waals surface area contributed by atoms with Gasteiger partial charge in [-0.05, 0) is 66.1 Å². The number of carboxylic acid groups (broad SMARTS) is 1. The Bertz CT molecular complexity index is 775. The number of allylic oxidation sites excluding steroid dienone is 1. The van der Waals surface area contributed by atoms with Gasteiger partial charge in [0.2, 0.25) is 0 Å². The molecule has 0 unspecified atom stereocenters. The average Bonchev–Trinajstić information content (AvgIpc) is 2.65. The van der Waals surface area contributed by atoms with E-state index >= 15 is 0 Å². The predicted molar refractivity (Wildman–Crippen MR) is 111 cm³/mol. The quantitative estimate of drug-likeness (QED) is 0.447. The van der Waals surface area contributed by atoms with Gasteiger partial charge in [0, 0.05) is 0 Å².